The first-order valence-corrected chi connectivity index (χ1v) is 23.3. The summed E-state index contributed by atoms with van der Waals surface area (Å²) >= 11 is 0. The van der Waals surface area contributed by atoms with Crippen molar-refractivity contribution in [2.75, 3.05) is 13.2 Å². The number of carbonyl (C=O) groups is 3. The number of hydrogen-bond acceptors (Lipinski definition) is 6. The number of esters is 3. The second-order valence-electron chi connectivity index (χ2n) is 16.8. The minimum Gasteiger partial charge on any atom is -0.462 e. The Labute approximate surface area is 329 Å². The van der Waals surface area contributed by atoms with Gasteiger partial charge in [0.2, 0.25) is 0 Å². The number of hydrogen-bond donors (Lipinski definition) is 0. The van der Waals surface area contributed by atoms with Gasteiger partial charge in [-0.05, 0) is 31.1 Å². The summed E-state index contributed by atoms with van der Waals surface area (Å²) in [7, 11) is 0. The van der Waals surface area contributed by atoms with Gasteiger partial charge in [-0.15, -0.1) is 0 Å². The molecule has 6 nitrogen and oxygen atoms in total. The third-order valence-electron chi connectivity index (χ3n) is 10.8. The van der Waals surface area contributed by atoms with Gasteiger partial charge in [-0.1, -0.05) is 214 Å². The van der Waals surface area contributed by atoms with Crippen LogP contribution in [-0.2, 0) is 28.6 Å². The van der Waals surface area contributed by atoms with Gasteiger partial charge in [-0.2, -0.15) is 0 Å². The zero-order chi connectivity index (χ0) is 39.0. The van der Waals surface area contributed by atoms with E-state index in [-0.39, 0.29) is 31.1 Å². The fourth-order valence-electron chi connectivity index (χ4n) is 6.90. The molecule has 0 aromatic rings. The molecule has 314 valence electrons. The maximum Gasteiger partial charge on any atom is 0.306 e. The standard InChI is InChI=1S/C47H90O6/c1-6-8-9-10-11-12-13-14-15-16-17-21-27-32-37-45(48)51-40-44(53-47(50)39-34-29-24-23-25-30-35-42(3)4)41-52-46(49)38-33-28-22-19-18-20-26-31-36-43(5)7-2/h42-44H,6-41H2,1-5H3/t43?,44-/m0/s1. The summed E-state index contributed by atoms with van der Waals surface area (Å²) in [6.07, 6.45) is 38.1. The van der Waals surface area contributed by atoms with Crippen LogP contribution < -0.4 is 0 Å². The molecule has 0 saturated heterocycles. The van der Waals surface area contributed by atoms with Crippen molar-refractivity contribution < 1.29 is 28.6 Å². The average Bonchev–Trinajstić information content (AvgIpc) is 3.14. The molecule has 0 amide bonds. The molecule has 0 rings (SSSR count). The van der Waals surface area contributed by atoms with E-state index in [4.69, 9.17) is 14.2 Å². The fourth-order valence-corrected chi connectivity index (χ4v) is 6.90. The van der Waals surface area contributed by atoms with E-state index in [0.29, 0.717) is 19.3 Å². The molecule has 0 heterocycles. The first-order valence-electron chi connectivity index (χ1n) is 23.3. The van der Waals surface area contributed by atoms with Crippen LogP contribution in [0.4, 0.5) is 0 Å². The van der Waals surface area contributed by atoms with Crippen molar-refractivity contribution in [1.29, 1.82) is 0 Å². The van der Waals surface area contributed by atoms with Crippen LogP contribution in [-0.4, -0.2) is 37.2 Å². The van der Waals surface area contributed by atoms with Crippen molar-refractivity contribution in [1.82, 2.24) is 0 Å². The summed E-state index contributed by atoms with van der Waals surface area (Å²) in [6.45, 7) is 11.3. The summed E-state index contributed by atoms with van der Waals surface area (Å²) in [5, 5.41) is 0. The highest BCUT2D eigenvalue weighted by molar-refractivity contribution is 5.71. The van der Waals surface area contributed by atoms with Crippen LogP contribution in [0.5, 0.6) is 0 Å². The topological polar surface area (TPSA) is 78.9 Å². The Morgan fingerprint density at radius 3 is 1.08 bits per heavy atom. The Balaban J connectivity index is 4.30. The van der Waals surface area contributed by atoms with E-state index in [1.807, 2.05) is 0 Å². The molecule has 0 bridgehead atoms. The van der Waals surface area contributed by atoms with Crippen LogP contribution >= 0.6 is 0 Å². The van der Waals surface area contributed by atoms with Crippen LogP contribution in [0.1, 0.15) is 253 Å². The lowest BCUT2D eigenvalue weighted by molar-refractivity contribution is -0.167. The van der Waals surface area contributed by atoms with Crippen molar-refractivity contribution in [3.63, 3.8) is 0 Å². The second-order valence-corrected chi connectivity index (χ2v) is 16.8. The molecule has 0 radical (unpaired) electrons. The van der Waals surface area contributed by atoms with Crippen molar-refractivity contribution >= 4 is 17.9 Å². The highest BCUT2D eigenvalue weighted by Gasteiger charge is 2.19. The molecule has 0 aliphatic carbocycles. The Hall–Kier alpha value is -1.59. The first-order chi connectivity index (χ1) is 25.8. The van der Waals surface area contributed by atoms with E-state index in [0.717, 1.165) is 69.6 Å². The van der Waals surface area contributed by atoms with Crippen LogP contribution in [0, 0.1) is 11.8 Å². The lowest BCUT2D eigenvalue weighted by Crippen LogP contribution is -2.30. The highest BCUT2D eigenvalue weighted by atomic mass is 16.6. The van der Waals surface area contributed by atoms with E-state index >= 15 is 0 Å². The summed E-state index contributed by atoms with van der Waals surface area (Å²) in [5.74, 6) is 0.745. The monoisotopic (exact) mass is 751 g/mol. The minimum atomic E-state index is -0.761. The predicted octanol–water partition coefficient (Wildman–Crippen LogP) is 14.6. The third kappa shape index (κ3) is 39.9. The van der Waals surface area contributed by atoms with Gasteiger partial charge < -0.3 is 14.2 Å². The van der Waals surface area contributed by atoms with Crippen LogP contribution in [0.25, 0.3) is 0 Å². The van der Waals surface area contributed by atoms with E-state index in [1.165, 1.54) is 141 Å². The number of carbonyl (C=O) groups excluding carboxylic acids is 3. The zero-order valence-electron chi connectivity index (χ0n) is 36.1. The minimum absolute atomic E-state index is 0.0658. The zero-order valence-corrected chi connectivity index (χ0v) is 36.1. The molecule has 0 N–H and O–H groups in total. The maximum atomic E-state index is 12.7. The highest BCUT2D eigenvalue weighted by Crippen LogP contribution is 2.17. The third-order valence-corrected chi connectivity index (χ3v) is 10.8. The lowest BCUT2D eigenvalue weighted by Gasteiger charge is -2.18. The van der Waals surface area contributed by atoms with Crippen molar-refractivity contribution in [3.8, 4) is 0 Å². The SMILES string of the molecule is CCCCCCCCCCCCCCCCC(=O)OC[C@@H](COC(=O)CCCCCCCCCCC(C)CC)OC(=O)CCCCCCCCC(C)C. The number of ether oxygens (including phenoxy) is 3. The molecule has 0 aromatic heterocycles. The van der Waals surface area contributed by atoms with Gasteiger partial charge in [0.15, 0.2) is 6.10 Å². The predicted molar refractivity (Wildman–Crippen MR) is 224 cm³/mol. The molecule has 0 fully saturated rings. The molecular weight excluding hydrogens is 661 g/mol. The van der Waals surface area contributed by atoms with Gasteiger partial charge in [0.1, 0.15) is 13.2 Å². The van der Waals surface area contributed by atoms with Crippen LogP contribution in [0.3, 0.4) is 0 Å². The molecule has 0 aliphatic rings. The molecule has 0 aromatic carbocycles. The molecule has 1 unspecified atom stereocenters. The summed E-state index contributed by atoms with van der Waals surface area (Å²) in [5.41, 5.74) is 0. The van der Waals surface area contributed by atoms with Crippen molar-refractivity contribution in [2.24, 2.45) is 11.8 Å². The van der Waals surface area contributed by atoms with Gasteiger partial charge in [-0.25, -0.2) is 0 Å². The van der Waals surface area contributed by atoms with Gasteiger partial charge in [0.05, 0.1) is 0 Å². The van der Waals surface area contributed by atoms with Crippen molar-refractivity contribution in [3.05, 3.63) is 0 Å². The summed E-state index contributed by atoms with van der Waals surface area (Å²) in [6, 6.07) is 0. The van der Waals surface area contributed by atoms with E-state index in [9.17, 15) is 14.4 Å². The Kier molecular flexibility index (Phi) is 38.9. The van der Waals surface area contributed by atoms with E-state index in [1.54, 1.807) is 0 Å². The molecule has 0 spiro atoms. The van der Waals surface area contributed by atoms with E-state index in [2.05, 4.69) is 34.6 Å². The largest absolute Gasteiger partial charge is 0.462 e. The first kappa shape index (κ1) is 51.4. The molecule has 6 heteroatoms. The smallest absolute Gasteiger partial charge is 0.306 e. The Morgan fingerprint density at radius 2 is 0.717 bits per heavy atom. The Morgan fingerprint density at radius 1 is 0.396 bits per heavy atom. The molecule has 2 atom stereocenters. The Bertz CT molecular complexity index is 811. The van der Waals surface area contributed by atoms with Crippen LogP contribution in [0.15, 0.2) is 0 Å². The summed E-state index contributed by atoms with van der Waals surface area (Å²) in [4.78, 5) is 37.7. The quantitative estimate of drug-likeness (QED) is 0.0352. The lowest BCUT2D eigenvalue weighted by atomic mass is 9.99. The molecule has 53 heavy (non-hydrogen) atoms. The second kappa shape index (κ2) is 40.1. The molecule has 0 saturated carbocycles. The summed E-state index contributed by atoms with van der Waals surface area (Å²) < 4.78 is 16.7. The molecule has 0 aliphatic heterocycles. The average molecular weight is 751 g/mol. The normalized spacial score (nSPS) is 12.6. The molecular formula is C47H90O6. The van der Waals surface area contributed by atoms with Crippen LogP contribution in [0.2, 0.25) is 0 Å². The maximum absolute atomic E-state index is 12.7. The van der Waals surface area contributed by atoms with Gasteiger partial charge in [-0.3, -0.25) is 14.4 Å². The van der Waals surface area contributed by atoms with Gasteiger partial charge >= 0.3 is 17.9 Å². The van der Waals surface area contributed by atoms with Crippen molar-refractivity contribution in [2.45, 2.75) is 259 Å². The van der Waals surface area contributed by atoms with E-state index < -0.39 is 6.10 Å². The number of unbranched alkanes of at least 4 members (excludes halogenated alkanes) is 25. The number of rotatable bonds is 41. The van der Waals surface area contributed by atoms with Gasteiger partial charge in [0.25, 0.3) is 0 Å². The fraction of sp³-hybridized carbons (Fsp3) is 0.936. The van der Waals surface area contributed by atoms with Gasteiger partial charge in [0, 0.05) is 19.3 Å².